The Kier molecular flexibility index (Phi) is 6.36. The van der Waals surface area contributed by atoms with E-state index in [9.17, 15) is 4.79 Å². The Hall–Kier alpha value is -1.55. The fourth-order valence-electron chi connectivity index (χ4n) is 2.05. The predicted molar refractivity (Wildman–Crippen MR) is 75.6 cm³/mol. The van der Waals surface area contributed by atoms with Crippen molar-refractivity contribution in [1.82, 2.24) is 4.90 Å². The SMILES string of the molecule is CCC(C(=O)O)N(C)CCCOc1ccccc1C. The van der Waals surface area contributed by atoms with E-state index in [2.05, 4.69) is 0 Å². The van der Waals surface area contributed by atoms with E-state index in [1.54, 1.807) is 0 Å². The Morgan fingerprint density at radius 2 is 2.11 bits per heavy atom. The number of hydrogen-bond donors (Lipinski definition) is 1. The van der Waals surface area contributed by atoms with E-state index in [0.29, 0.717) is 13.0 Å². The van der Waals surface area contributed by atoms with E-state index in [-0.39, 0.29) is 0 Å². The summed E-state index contributed by atoms with van der Waals surface area (Å²) in [5.74, 6) is 0.139. The number of likely N-dealkylation sites (N-methyl/N-ethyl adjacent to an activating group) is 1. The van der Waals surface area contributed by atoms with Crippen molar-refractivity contribution in [3.05, 3.63) is 29.8 Å². The molecule has 0 bridgehead atoms. The second-order valence-electron chi connectivity index (χ2n) is 4.71. The van der Waals surface area contributed by atoms with E-state index >= 15 is 0 Å². The van der Waals surface area contributed by atoms with Crippen molar-refractivity contribution in [1.29, 1.82) is 0 Å². The van der Waals surface area contributed by atoms with Crippen molar-refractivity contribution >= 4 is 5.97 Å². The highest BCUT2D eigenvalue weighted by Crippen LogP contribution is 2.16. The normalized spacial score (nSPS) is 12.4. The number of para-hydroxylation sites is 1. The summed E-state index contributed by atoms with van der Waals surface area (Å²) < 4.78 is 5.69. The summed E-state index contributed by atoms with van der Waals surface area (Å²) in [6.07, 6.45) is 1.43. The monoisotopic (exact) mass is 265 g/mol. The van der Waals surface area contributed by atoms with Crippen molar-refractivity contribution in [2.45, 2.75) is 32.7 Å². The molecule has 106 valence electrons. The van der Waals surface area contributed by atoms with Crippen LogP contribution < -0.4 is 4.74 Å². The highest BCUT2D eigenvalue weighted by molar-refractivity contribution is 5.73. The third kappa shape index (κ3) is 4.91. The second-order valence-corrected chi connectivity index (χ2v) is 4.71. The molecule has 0 radical (unpaired) electrons. The summed E-state index contributed by atoms with van der Waals surface area (Å²) in [5, 5.41) is 9.04. The molecule has 0 spiro atoms. The van der Waals surface area contributed by atoms with Gasteiger partial charge in [0.05, 0.1) is 6.61 Å². The van der Waals surface area contributed by atoms with E-state index in [0.717, 1.165) is 24.3 Å². The highest BCUT2D eigenvalue weighted by Gasteiger charge is 2.19. The predicted octanol–water partition coefficient (Wildman–Crippen LogP) is 2.56. The Morgan fingerprint density at radius 3 is 2.68 bits per heavy atom. The van der Waals surface area contributed by atoms with Gasteiger partial charge >= 0.3 is 5.97 Å². The Morgan fingerprint density at radius 1 is 1.42 bits per heavy atom. The Labute approximate surface area is 115 Å². The van der Waals surface area contributed by atoms with Crippen LogP contribution in [0.1, 0.15) is 25.3 Å². The molecular weight excluding hydrogens is 242 g/mol. The molecule has 0 heterocycles. The third-order valence-electron chi connectivity index (χ3n) is 3.21. The van der Waals surface area contributed by atoms with Gasteiger partial charge in [0, 0.05) is 6.54 Å². The summed E-state index contributed by atoms with van der Waals surface area (Å²) in [6.45, 7) is 5.22. The number of aliphatic carboxylic acids is 1. The van der Waals surface area contributed by atoms with Gasteiger partial charge in [-0.2, -0.15) is 0 Å². The first-order valence-electron chi connectivity index (χ1n) is 6.67. The van der Waals surface area contributed by atoms with Crippen LogP contribution in [-0.2, 0) is 4.79 Å². The molecule has 19 heavy (non-hydrogen) atoms. The lowest BCUT2D eigenvalue weighted by atomic mass is 10.2. The standard InChI is InChI=1S/C15H23NO3/c1-4-13(15(17)18)16(3)10-7-11-19-14-9-6-5-8-12(14)2/h5-6,8-9,13H,4,7,10-11H2,1-3H3,(H,17,18). The summed E-state index contributed by atoms with van der Waals surface area (Å²) >= 11 is 0. The highest BCUT2D eigenvalue weighted by atomic mass is 16.5. The lowest BCUT2D eigenvalue weighted by molar-refractivity contribution is -0.142. The number of nitrogens with zero attached hydrogens (tertiary/aromatic N) is 1. The maximum absolute atomic E-state index is 11.0. The average molecular weight is 265 g/mol. The minimum Gasteiger partial charge on any atom is -0.493 e. The summed E-state index contributed by atoms with van der Waals surface area (Å²) in [7, 11) is 1.84. The van der Waals surface area contributed by atoms with Gasteiger partial charge in [-0.3, -0.25) is 9.69 Å². The molecule has 0 saturated carbocycles. The lowest BCUT2D eigenvalue weighted by Gasteiger charge is -2.23. The van der Waals surface area contributed by atoms with E-state index in [1.165, 1.54) is 0 Å². The maximum Gasteiger partial charge on any atom is 0.320 e. The number of carboxylic acids is 1. The van der Waals surface area contributed by atoms with Gasteiger partial charge in [0.1, 0.15) is 11.8 Å². The topological polar surface area (TPSA) is 49.8 Å². The molecule has 1 atom stereocenters. The number of aryl methyl sites for hydroxylation is 1. The van der Waals surface area contributed by atoms with Crippen LogP contribution in [0, 0.1) is 6.92 Å². The lowest BCUT2D eigenvalue weighted by Crippen LogP contribution is -2.38. The van der Waals surface area contributed by atoms with Gasteiger partial charge in [0.25, 0.3) is 0 Å². The molecule has 0 aliphatic rings. The number of hydrogen-bond acceptors (Lipinski definition) is 3. The summed E-state index contributed by atoms with van der Waals surface area (Å²) in [6, 6.07) is 7.49. The van der Waals surface area contributed by atoms with Crippen molar-refractivity contribution < 1.29 is 14.6 Å². The van der Waals surface area contributed by atoms with Crippen LogP contribution in [0.5, 0.6) is 5.75 Å². The Balaban J connectivity index is 2.31. The van der Waals surface area contributed by atoms with E-state index in [1.807, 2.05) is 50.1 Å². The molecular formula is C15H23NO3. The molecule has 0 fully saturated rings. The molecule has 0 aliphatic heterocycles. The molecule has 1 N–H and O–H groups in total. The van der Waals surface area contributed by atoms with Crippen LogP contribution in [0.3, 0.4) is 0 Å². The molecule has 0 saturated heterocycles. The minimum absolute atomic E-state index is 0.404. The number of carboxylic acid groups (broad SMARTS) is 1. The number of rotatable bonds is 8. The molecule has 4 heteroatoms. The zero-order valence-electron chi connectivity index (χ0n) is 11.9. The maximum atomic E-state index is 11.0. The van der Waals surface area contributed by atoms with Crippen molar-refractivity contribution in [2.75, 3.05) is 20.2 Å². The molecule has 1 unspecified atom stereocenters. The average Bonchev–Trinajstić information content (AvgIpc) is 2.37. The van der Waals surface area contributed by atoms with Gasteiger partial charge in [-0.05, 0) is 38.4 Å². The van der Waals surface area contributed by atoms with Crippen LogP contribution in [0.4, 0.5) is 0 Å². The number of carbonyl (C=O) groups is 1. The van der Waals surface area contributed by atoms with Crippen molar-refractivity contribution in [2.24, 2.45) is 0 Å². The first-order chi connectivity index (χ1) is 9.06. The van der Waals surface area contributed by atoms with Crippen molar-refractivity contribution in [3.8, 4) is 5.75 Å². The Bertz CT molecular complexity index is 406. The minimum atomic E-state index is -0.759. The molecule has 0 amide bonds. The second kappa shape index (κ2) is 7.79. The molecule has 0 aliphatic carbocycles. The van der Waals surface area contributed by atoms with Gasteiger partial charge in [-0.25, -0.2) is 0 Å². The molecule has 1 aromatic carbocycles. The largest absolute Gasteiger partial charge is 0.493 e. The van der Waals surface area contributed by atoms with Gasteiger partial charge in [-0.1, -0.05) is 25.1 Å². The van der Waals surface area contributed by atoms with Crippen LogP contribution >= 0.6 is 0 Å². The number of benzene rings is 1. The van der Waals surface area contributed by atoms with Crippen LogP contribution in [-0.4, -0.2) is 42.2 Å². The van der Waals surface area contributed by atoms with Gasteiger partial charge in [-0.15, -0.1) is 0 Å². The third-order valence-corrected chi connectivity index (χ3v) is 3.21. The van der Waals surface area contributed by atoms with Gasteiger partial charge in [0.15, 0.2) is 0 Å². The fourth-order valence-corrected chi connectivity index (χ4v) is 2.05. The summed E-state index contributed by atoms with van der Waals surface area (Å²) in [5.41, 5.74) is 1.12. The van der Waals surface area contributed by atoms with Crippen LogP contribution in [0.2, 0.25) is 0 Å². The first kappa shape index (κ1) is 15.5. The smallest absolute Gasteiger partial charge is 0.320 e. The quantitative estimate of drug-likeness (QED) is 0.734. The molecule has 4 nitrogen and oxygen atoms in total. The first-order valence-corrected chi connectivity index (χ1v) is 6.67. The van der Waals surface area contributed by atoms with E-state index < -0.39 is 12.0 Å². The summed E-state index contributed by atoms with van der Waals surface area (Å²) in [4.78, 5) is 12.9. The van der Waals surface area contributed by atoms with Crippen LogP contribution in [0.25, 0.3) is 0 Å². The van der Waals surface area contributed by atoms with Crippen molar-refractivity contribution in [3.63, 3.8) is 0 Å². The van der Waals surface area contributed by atoms with Gasteiger partial charge < -0.3 is 9.84 Å². The molecule has 1 aromatic rings. The van der Waals surface area contributed by atoms with Gasteiger partial charge in [0.2, 0.25) is 0 Å². The fraction of sp³-hybridized carbons (Fsp3) is 0.533. The molecule has 0 aromatic heterocycles. The van der Waals surface area contributed by atoms with E-state index in [4.69, 9.17) is 9.84 Å². The zero-order chi connectivity index (χ0) is 14.3. The van der Waals surface area contributed by atoms with Crippen LogP contribution in [0.15, 0.2) is 24.3 Å². The molecule has 1 rings (SSSR count). The zero-order valence-corrected chi connectivity index (χ0v) is 11.9. The number of ether oxygens (including phenoxy) is 1.